The van der Waals surface area contributed by atoms with Crippen molar-refractivity contribution in [2.75, 3.05) is 0 Å². The maximum atomic E-state index is 11.1. The number of hydrogen-bond donors (Lipinski definition) is 0. The van der Waals surface area contributed by atoms with Crippen molar-refractivity contribution in [3.05, 3.63) is 36.0 Å². The molecule has 1 heterocycles. The second-order valence-corrected chi connectivity index (χ2v) is 5.51. The zero-order chi connectivity index (χ0) is 13.9. The van der Waals surface area contributed by atoms with E-state index in [4.69, 9.17) is 5.26 Å². The molecule has 0 saturated carbocycles. The fourth-order valence-corrected chi connectivity index (χ4v) is 2.30. The van der Waals surface area contributed by atoms with Crippen LogP contribution in [0.4, 0.5) is 0 Å². The van der Waals surface area contributed by atoms with Gasteiger partial charge in [-0.05, 0) is 32.8 Å². The van der Waals surface area contributed by atoms with Crippen molar-refractivity contribution in [3.63, 3.8) is 0 Å². The van der Waals surface area contributed by atoms with Gasteiger partial charge in [-0.2, -0.15) is 5.26 Å². The summed E-state index contributed by atoms with van der Waals surface area (Å²) in [6, 6.07) is 10.2. The first-order valence-electron chi connectivity index (χ1n) is 6.52. The van der Waals surface area contributed by atoms with Gasteiger partial charge in [0, 0.05) is 29.2 Å². The van der Waals surface area contributed by atoms with Gasteiger partial charge in [-0.3, -0.25) is 4.79 Å². The lowest BCUT2D eigenvalue weighted by molar-refractivity contribution is 0.112. The number of para-hydroxylation sites is 1. The van der Waals surface area contributed by atoms with E-state index in [-0.39, 0.29) is 5.41 Å². The van der Waals surface area contributed by atoms with Crippen LogP contribution in [-0.4, -0.2) is 10.9 Å². The second kappa shape index (κ2) is 5.27. The Bertz CT molecular complexity index is 632. The van der Waals surface area contributed by atoms with Crippen LogP contribution in [0.25, 0.3) is 10.9 Å². The second-order valence-electron chi connectivity index (χ2n) is 5.51. The van der Waals surface area contributed by atoms with E-state index in [1.807, 2.05) is 44.3 Å². The molecule has 98 valence electrons. The van der Waals surface area contributed by atoms with Gasteiger partial charge in [-0.1, -0.05) is 18.2 Å². The molecular weight excluding hydrogens is 236 g/mol. The molecule has 3 heteroatoms. The molecule has 0 spiro atoms. The monoisotopic (exact) mass is 254 g/mol. The smallest absolute Gasteiger partial charge is 0.152 e. The number of carbonyl (C=O) groups is 1. The molecular formula is C16H18N2O. The zero-order valence-electron chi connectivity index (χ0n) is 11.4. The van der Waals surface area contributed by atoms with Gasteiger partial charge in [0.2, 0.25) is 0 Å². The summed E-state index contributed by atoms with van der Waals surface area (Å²) in [5.41, 5.74) is 1.53. The van der Waals surface area contributed by atoms with E-state index in [1.165, 1.54) is 0 Å². The van der Waals surface area contributed by atoms with Crippen LogP contribution >= 0.6 is 0 Å². The predicted molar refractivity (Wildman–Crippen MR) is 76.0 cm³/mol. The largest absolute Gasteiger partial charge is 0.347 e. The highest BCUT2D eigenvalue weighted by atomic mass is 16.1. The van der Waals surface area contributed by atoms with Gasteiger partial charge < -0.3 is 4.57 Å². The van der Waals surface area contributed by atoms with Crippen molar-refractivity contribution in [1.82, 2.24) is 4.57 Å². The molecule has 0 bridgehead atoms. The number of carbonyl (C=O) groups excluding carboxylic acids is 1. The summed E-state index contributed by atoms with van der Waals surface area (Å²) >= 11 is 0. The average molecular weight is 254 g/mol. The van der Waals surface area contributed by atoms with Gasteiger partial charge in [0.05, 0.1) is 11.5 Å². The number of rotatable bonds is 5. The molecule has 0 amide bonds. The third kappa shape index (κ3) is 2.85. The molecule has 0 aliphatic carbocycles. The first-order chi connectivity index (χ1) is 9.07. The normalized spacial score (nSPS) is 11.4. The number of nitrogens with zero attached hydrogens (tertiary/aromatic N) is 2. The standard InChI is InChI=1S/C16H18N2O/c1-16(2,12-17)8-5-9-18-10-13(11-19)14-6-3-4-7-15(14)18/h3-4,6-7,10-11H,5,8-9H2,1-2H3. The van der Waals surface area contributed by atoms with E-state index >= 15 is 0 Å². The highest BCUT2D eigenvalue weighted by molar-refractivity contribution is 5.97. The maximum Gasteiger partial charge on any atom is 0.152 e. The summed E-state index contributed by atoms with van der Waals surface area (Å²) in [6.45, 7) is 4.74. The molecule has 1 aromatic carbocycles. The molecule has 0 fully saturated rings. The van der Waals surface area contributed by atoms with Crippen LogP contribution in [0.2, 0.25) is 0 Å². The number of hydrogen-bond acceptors (Lipinski definition) is 2. The maximum absolute atomic E-state index is 11.1. The van der Waals surface area contributed by atoms with Crippen LogP contribution < -0.4 is 0 Å². The van der Waals surface area contributed by atoms with Crippen LogP contribution in [0.5, 0.6) is 0 Å². The minimum atomic E-state index is -0.281. The van der Waals surface area contributed by atoms with Crippen molar-refractivity contribution >= 4 is 17.2 Å². The van der Waals surface area contributed by atoms with Crippen molar-refractivity contribution < 1.29 is 4.79 Å². The highest BCUT2D eigenvalue weighted by Crippen LogP contribution is 2.24. The molecule has 0 aliphatic rings. The van der Waals surface area contributed by atoms with Gasteiger partial charge in [-0.25, -0.2) is 0 Å². The van der Waals surface area contributed by atoms with Crippen molar-refractivity contribution in [2.24, 2.45) is 5.41 Å². The number of aromatic nitrogens is 1. The number of fused-ring (bicyclic) bond motifs is 1. The number of aryl methyl sites for hydroxylation is 1. The Hall–Kier alpha value is -2.08. The van der Waals surface area contributed by atoms with E-state index in [0.29, 0.717) is 0 Å². The molecule has 0 atom stereocenters. The molecule has 19 heavy (non-hydrogen) atoms. The average Bonchev–Trinajstić information content (AvgIpc) is 2.77. The SMILES string of the molecule is CC(C)(C#N)CCCn1cc(C=O)c2ccccc21. The number of benzene rings is 1. The van der Waals surface area contributed by atoms with E-state index < -0.39 is 0 Å². The lowest BCUT2D eigenvalue weighted by atomic mass is 9.90. The van der Waals surface area contributed by atoms with E-state index in [9.17, 15) is 4.79 Å². The third-order valence-electron chi connectivity index (χ3n) is 3.45. The van der Waals surface area contributed by atoms with Crippen molar-refractivity contribution in [2.45, 2.75) is 33.2 Å². The lowest BCUT2D eigenvalue weighted by Gasteiger charge is -2.15. The molecule has 0 N–H and O–H groups in total. The lowest BCUT2D eigenvalue weighted by Crippen LogP contribution is -2.09. The Morgan fingerprint density at radius 2 is 2.11 bits per heavy atom. The van der Waals surface area contributed by atoms with Crippen LogP contribution in [0.15, 0.2) is 30.5 Å². The molecule has 1 aromatic heterocycles. The van der Waals surface area contributed by atoms with Crippen LogP contribution in [-0.2, 0) is 6.54 Å². The molecule has 2 rings (SSSR count). The Morgan fingerprint density at radius 1 is 1.37 bits per heavy atom. The predicted octanol–water partition coefficient (Wildman–Crippen LogP) is 3.78. The van der Waals surface area contributed by atoms with Gasteiger partial charge in [0.25, 0.3) is 0 Å². The van der Waals surface area contributed by atoms with Crippen LogP contribution in [0.1, 0.15) is 37.0 Å². The zero-order valence-corrected chi connectivity index (χ0v) is 11.4. The number of nitriles is 1. The summed E-state index contributed by atoms with van der Waals surface area (Å²) in [5.74, 6) is 0. The fraction of sp³-hybridized carbons (Fsp3) is 0.375. The van der Waals surface area contributed by atoms with Crippen LogP contribution in [0.3, 0.4) is 0 Å². The molecule has 0 unspecified atom stereocenters. The van der Waals surface area contributed by atoms with Gasteiger partial charge in [0.1, 0.15) is 0 Å². The Balaban J connectivity index is 2.18. The summed E-state index contributed by atoms with van der Waals surface area (Å²) in [7, 11) is 0. The molecule has 0 aliphatic heterocycles. The fourth-order valence-electron chi connectivity index (χ4n) is 2.30. The Kier molecular flexibility index (Phi) is 3.71. The van der Waals surface area contributed by atoms with E-state index in [1.54, 1.807) is 0 Å². The highest BCUT2D eigenvalue weighted by Gasteiger charge is 2.16. The van der Waals surface area contributed by atoms with Gasteiger partial charge in [-0.15, -0.1) is 0 Å². The molecule has 3 nitrogen and oxygen atoms in total. The summed E-state index contributed by atoms with van der Waals surface area (Å²) in [6.07, 6.45) is 4.58. The third-order valence-corrected chi connectivity index (χ3v) is 3.45. The van der Waals surface area contributed by atoms with Gasteiger partial charge >= 0.3 is 0 Å². The van der Waals surface area contributed by atoms with Crippen molar-refractivity contribution in [3.8, 4) is 6.07 Å². The minimum Gasteiger partial charge on any atom is -0.347 e. The molecule has 0 saturated heterocycles. The minimum absolute atomic E-state index is 0.281. The van der Waals surface area contributed by atoms with Crippen LogP contribution in [0, 0.1) is 16.7 Å². The van der Waals surface area contributed by atoms with Crippen molar-refractivity contribution in [1.29, 1.82) is 5.26 Å². The van der Waals surface area contributed by atoms with E-state index in [0.717, 1.165) is 42.1 Å². The van der Waals surface area contributed by atoms with E-state index in [2.05, 4.69) is 10.6 Å². The summed E-state index contributed by atoms with van der Waals surface area (Å²) in [5, 5.41) is 10.00. The molecule has 2 aromatic rings. The summed E-state index contributed by atoms with van der Waals surface area (Å²) < 4.78 is 2.10. The topological polar surface area (TPSA) is 45.8 Å². The van der Waals surface area contributed by atoms with Gasteiger partial charge in [0.15, 0.2) is 6.29 Å². The Morgan fingerprint density at radius 3 is 2.79 bits per heavy atom. The first kappa shape index (κ1) is 13.4. The first-order valence-corrected chi connectivity index (χ1v) is 6.52. The molecule has 0 radical (unpaired) electrons. The summed E-state index contributed by atoms with van der Waals surface area (Å²) in [4.78, 5) is 11.1. The number of aldehydes is 1. The quantitative estimate of drug-likeness (QED) is 0.762. The Labute approximate surface area is 113 Å².